The van der Waals surface area contributed by atoms with Crippen molar-refractivity contribution in [1.29, 1.82) is 0 Å². The molecule has 0 N–H and O–H groups in total. The third-order valence-electron chi connectivity index (χ3n) is 6.73. The van der Waals surface area contributed by atoms with Gasteiger partial charge in [-0.15, -0.1) is 0 Å². The van der Waals surface area contributed by atoms with E-state index in [4.69, 9.17) is 4.74 Å². The Balaban J connectivity index is 1.34. The van der Waals surface area contributed by atoms with Gasteiger partial charge in [0.2, 0.25) is 5.91 Å². The smallest absolute Gasteiger partial charge is 0.410 e. The number of hydrogen-bond acceptors (Lipinski definition) is 5. The molecule has 0 aromatic heterocycles. The van der Waals surface area contributed by atoms with Crippen LogP contribution in [0.2, 0.25) is 0 Å². The maximum atomic E-state index is 13.4. The van der Waals surface area contributed by atoms with Gasteiger partial charge < -0.3 is 4.74 Å². The van der Waals surface area contributed by atoms with Crippen LogP contribution in [0.25, 0.3) is 0 Å². The first-order valence-corrected chi connectivity index (χ1v) is 10.7. The number of imide groups is 2. The molecule has 3 aromatic rings. The Morgan fingerprint density at radius 1 is 0.788 bits per heavy atom. The number of fused-ring (bicyclic) bond motifs is 1. The van der Waals surface area contributed by atoms with E-state index in [0.29, 0.717) is 23.3 Å². The second-order valence-electron chi connectivity index (χ2n) is 8.46. The van der Waals surface area contributed by atoms with Crippen molar-refractivity contribution >= 4 is 23.8 Å². The van der Waals surface area contributed by atoms with Crippen LogP contribution in [-0.4, -0.2) is 39.7 Å². The van der Waals surface area contributed by atoms with Gasteiger partial charge >= 0.3 is 6.09 Å². The van der Waals surface area contributed by atoms with E-state index in [1.54, 1.807) is 54.6 Å². The number of carbonyl (C=O) groups is 4. The van der Waals surface area contributed by atoms with Crippen molar-refractivity contribution in [3.63, 3.8) is 0 Å². The van der Waals surface area contributed by atoms with Gasteiger partial charge in [-0.3, -0.25) is 19.3 Å². The largest absolute Gasteiger partial charge is 0.422 e. The van der Waals surface area contributed by atoms with E-state index in [9.17, 15) is 19.2 Å². The predicted octanol–water partition coefficient (Wildman–Crippen LogP) is 3.82. The lowest BCUT2D eigenvalue weighted by Gasteiger charge is -2.46. The molecule has 3 aromatic carbocycles. The van der Waals surface area contributed by atoms with Crippen molar-refractivity contribution in [3.05, 3.63) is 102 Å². The standard InChI is InChI=1S/C26H18N2O5/c29-22-18-13-7-8-14-19(18)23(30)27(22)20-15-26(20)21(16-9-3-1-4-10-16)28(24(26)31)25(32)33-17-11-5-2-6-12-17/h1-14,20-21H,15H2/t20-,21-,26?/m1/s1. The lowest BCUT2D eigenvalue weighted by atomic mass is 9.78. The van der Waals surface area contributed by atoms with E-state index in [1.165, 1.54) is 4.90 Å². The van der Waals surface area contributed by atoms with Crippen LogP contribution >= 0.6 is 0 Å². The molecule has 0 bridgehead atoms. The molecule has 7 heteroatoms. The fourth-order valence-electron chi connectivity index (χ4n) is 5.13. The topological polar surface area (TPSA) is 84.0 Å². The molecule has 33 heavy (non-hydrogen) atoms. The lowest BCUT2D eigenvalue weighted by molar-refractivity contribution is -0.156. The van der Waals surface area contributed by atoms with Gasteiger partial charge in [-0.25, -0.2) is 9.69 Å². The average Bonchev–Trinajstić information content (AvgIpc) is 3.55. The first-order valence-electron chi connectivity index (χ1n) is 10.7. The minimum Gasteiger partial charge on any atom is -0.410 e. The average molecular weight is 438 g/mol. The summed E-state index contributed by atoms with van der Waals surface area (Å²) in [5.74, 6) is -0.903. The number of carbonyl (C=O) groups excluding carboxylic acids is 4. The van der Waals surface area contributed by atoms with Crippen molar-refractivity contribution in [2.75, 3.05) is 0 Å². The Morgan fingerprint density at radius 2 is 1.33 bits per heavy atom. The van der Waals surface area contributed by atoms with Gasteiger partial charge in [0.15, 0.2) is 0 Å². The number of β-lactam (4-membered cyclic amide) rings is 1. The first kappa shape index (κ1) is 19.4. The third-order valence-corrected chi connectivity index (χ3v) is 6.73. The molecule has 0 radical (unpaired) electrons. The fraction of sp³-hybridized carbons (Fsp3) is 0.154. The van der Waals surface area contributed by atoms with Crippen molar-refractivity contribution in [2.45, 2.75) is 18.5 Å². The number of rotatable bonds is 3. The molecule has 1 saturated carbocycles. The summed E-state index contributed by atoms with van der Waals surface area (Å²) in [4.78, 5) is 54.7. The molecule has 162 valence electrons. The van der Waals surface area contributed by atoms with E-state index in [2.05, 4.69) is 0 Å². The fourth-order valence-corrected chi connectivity index (χ4v) is 5.13. The first-order chi connectivity index (χ1) is 16.0. The Bertz CT molecular complexity index is 1290. The molecule has 1 saturated heterocycles. The quantitative estimate of drug-likeness (QED) is 0.459. The summed E-state index contributed by atoms with van der Waals surface area (Å²) in [6.45, 7) is 0. The van der Waals surface area contributed by atoms with Crippen molar-refractivity contribution < 1.29 is 23.9 Å². The van der Waals surface area contributed by atoms with Crippen molar-refractivity contribution in [3.8, 4) is 5.75 Å². The van der Waals surface area contributed by atoms with Gasteiger partial charge in [-0.2, -0.15) is 0 Å². The highest BCUT2D eigenvalue weighted by atomic mass is 16.6. The van der Waals surface area contributed by atoms with Crippen LogP contribution < -0.4 is 4.74 Å². The molecule has 7 nitrogen and oxygen atoms in total. The van der Waals surface area contributed by atoms with Crippen LogP contribution in [0, 0.1) is 5.41 Å². The van der Waals surface area contributed by atoms with Crippen LogP contribution in [0.1, 0.15) is 38.7 Å². The lowest BCUT2D eigenvalue weighted by Crippen LogP contribution is -2.62. The Kier molecular flexibility index (Phi) is 4.04. The van der Waals surface area contributed by atoms with Gasteiger partial charge in [0.25, 0.3) is 11.8 Å². The molecule has 1 unspecified atom stereocenters. The van der Waals surface area contributed by atoms with Crippen molar-refractivity contribution in [1.82, 2.24) is 9.80 Å². The number of ether oxygens (including phenoxy) is 1. The van der Waals surface area contributed by atoms with E-state index in [1.807, 2.05) is 30.3 Å². The molecular weight excluding hydrogens is 420 g/mol. The zero-order valence-corrected chi connectivity index (χ0v) is 17.4. The molecule has 2 fully saturated rings. The van der Waals surface area contributed by atoms with Crippen LogP contribution in [0.15, 0.2) is 84.9 Å². The summed E-state index contributed by atoms with van der Waals surface area (Å²) >= 11 is 0. The maximum Gasteiger partial charge on any atom is 0.422 e. The zero-order chi connectivity index (χ0) is 22.7. The number of nitrogens with zero attached hydrogens (tertiary/aromatic N) is 2. The number of para-hydroxylation sites is 1. The molecular formula is C26H18N2O5. The highest BCUT2D eigenvalue weighted by molar-refractivity contribution is 6.22. The van der Waals surface area contributed by atoms with E-state index >= 15 is 0 Å². The molecule has 2 heterocycles. The summed E-state index contributed by atoms with van der Waals surface area (Å²) in [6, 6.07) is 23.1. The number of hydrogen-bond donors (Lipinski definition) is 0. The summed E-state index contributed by atoms with van der Waals surface area (Å²) in [6.07, 6.45) is -0.468. The van der Waals surface area contributed by atoms with E-state index < -0.39 is 41.3 Å². The number of benzene rings is 3. The molecule has 6 rings (SSSR count). The minimum absolute atomic E-state index is 0.311. The summed E-state index contributed by atoms with van der Waals surface area (Å²) in [5.41, 5.74) is 0.409. The van der Waals surface area contributed by atoms with Crippen LogP contribution in [0.4, 0.5) is 4.79 Å². The second kappa shape index (κ2) is 6.87. The van der Waals surface area contributed by atoms with E-state index in [0.717, 1.165) is 10.5 Å². The molecule has 1 spiro atoms. The molecule has 3 aliphatic rings. The van der Waals surface area contributed by atoms with Gasteiger partial charge in [-0.1, -0.05) is 60.7 Å². The Labute approximate surface area is 189 Å². The van der Waals surface area contributed by atoms with Gasteiger partial charge in [0, 0.05) is 0 Å². The summed E-state index contributed by atoms with van der Waals surface area (Å²) in [7, 11) is 0. The van der Waals surface area contributed by atoms with Crippen LogP contribution in [0.3, 0.4) is 0 Å². The number of amides is 4. The van der Waals surface area contributed by atoms with Gasteiger partial charge in [0.05, 0.1) is 28.6 Å². The summed E-state index contributed by atoms with van der Waals surface area (Å²) < 4.78 is 5.43. The molecule has 1 aliphatic carbocycles. The monoisotopic (exact) mass is 438 g/mol. The molecule has 4 amide bonds. The number of likely N-dealkylation sites (tertiary alicyclic amines) is 1. The SMILES string of the molecule is O=C1c2ccccc2C(=O)N1[C@@H]1CC12C(=O)N(C(=O)Oc1ccccc1)[C@@H]2c1ccccc1. The Morgan fingerprint density at radius 3 is 1.94 bits per heavy atom. The zero-order valence-electron chi connectivity index (χ0n) is 17.4. The van der Waals surface area contributed by atoms with Crippen LogP contribution in [0.5, 0.6) is 5.75 Å². The maximum absolute atomic E-state index is 13.4. The highest BCUT2D eigenvalue weighted by Crippen LogP contribution is 2.68. The van der Waals surface area contributed by atoms with Gasteiger partial charge in [-0.05, 0) is 36.2 Å². The van der Waals surface area contributed by atoms with Crippen LogP contribution in [-0.2, 0) is 4.79 Å². The second-order valence-corrected chi connectivity index (χ2v) is 8.46. The predicted molar refractivity (Wildman–Crippen MR) is 116 cm³/mol. The van der Waals surface area contributed by atoms with E-state index in [-0.39, 0.29) is 0 Å². The minimum atomic E-state index is -1.02. The third kappa shape index (κ3) is 2.62. The highest BCUT2D eigenvalue weighted by Gasteiger charge is 2.79. The summed E-state index contributed by atoms with van der Waals surface area (Å²) in [5, 5.41) is 0. The molecule has 2 aliphatic heterocycles. The van der Waals surface area contributed by atoms with Crippen molar-refractivity contribution in [2.24, 2.45) is 5.41 Å². The normalized spacial score (nSPS) is 25.2. The Hall–Kier alpha value is -4.26. The van der Waals surface area contributed by atoms with Gasteiger partial charge in [0.1, 0.15) is 5.75 Å². The molecule has 3 atom stereocenters.